The topological polar surface area (TPSA) is 29.1 Å². The Hall–Kier alpha value is -0.0500. The minimum atomic E-state index is 0.0884. The molecule has 0 heterocycles. The van der Waals surface area contributed by atoms with Crippen LogP contribution in [-0.2, 0) is 4.79 Å². The van der Waals surface area contributed by atoms with Crippen molar-refractivity contribution in [3.63, 3.8) is 0 Å². The molecule has 72 valence electrons. The van der Waals surface area contributed by atoms with Crippen LogP contribution in [-0.4, -0.2) is 17.8 Å². The number of carbonyl (C=O) groups is 1. The molecular weight excluding hydrogens is 218 g/mol. The van der Waals surface area contributed by atoms with Crippen molar-refractivity contribution in [2.24, 2.45) is 0 Å². The zero-order valence-electron chi connectivity index (χ0n) is 7.74. The SMILES string of the molecule is CCCCCCCNC(=O)CBr. The van der Waals surface area contributed by atoms with Gasteiger partial charge in [0.25, 0.3) is 0 Å². The van der Waals surface area contributed by atoms with E-state index in [0.717, 1.165) is 13.0 Å². The molecule has 0 atom stereocenters. The van der Waals surface area contributed by atoms with Crippen molar-refractivity contribution in [1.29, 1.82) is 0 Å². The molecule has 0 bridgehead atoms. The number of unbranched alkanes of at least 4 members (excludes halogenated alkanes) is 4. The molecule has 1 amide bonds. The highest BCUT2D eigenvalue weighted by Gasteiger charge is 1.95. The van der Waals surface area contributed by atoms with Gasteiger partial charge in [0.2, 0.25) is 5.91 Å². The normalized spacial score (nSPS) is 9.83. The summed E-state index contributed by atoms with van der Waals surface area (Å²) < 4.78 is 0. The van der Waals surface area contributed by atoms with Crippen molar-refractivity contribution >= 4 is 21.8 Å². The first-order valence-corrected chi connectivity index (χ1v) is 5.76. The Labute approximate surface area is 83.2 Å². The lowest BCUT2D eigenvalue weighted by atomic mass is 10.1. The predicted molar refractivity (Wildman–Crippen MR) is 55.6 cm³/mol. The molecule has 0 saturated carbocycles. The molecule has 0 aromatic rings. The summed E-state index contributed by atoms with van der Waals surface area (Å²) in [6.45, 7) is 3.03. The zero-order chi connectivity index (χ0) is 9.23. The van der Waals surface area contributed by atoms with Crippen LogP contribution >= 0.6 is 15.9 Å². The second-order valence-electron chi connectivity index (χ2n) is 2.90. The first-order chi connectivity index (χ1) is 5.81. The number of hydrogen-bond acceptors (Lipinski definition) is 1. The van der Waals surface area contributed by atoms with E-state index in [4.69, 9.17) is 0 Å². The highest BCUT2D eigenvalue weighted by Crippen LogP contribution is 2.00. The molecule has 0 fully saturated rings. The van der Waals surface area contributed by atoms with Gasteiger partial charge in [-0.2, -0.15) is 0 Å². The first kappa shape index (κ1) is 11.9. The summed E-state index contributed by atoms with van der Waals surface area (Å²) >= 11 is 3.10. The quantitative estimate of drug-likeness (QED) is 0.534. The fourth-order valence-electron chi connectivity index (χ4n) is 1.00. The monoisotopic (exact) mass is 235 g/mol. The second-order valence-corrected chi connectivity index (χ2v) is 3.46. The van der Waals surface area contributed by atoms with Crippen molar-refractivity contribution in [3.8, 4) is 0 Å². The number of rotatable bonds is 7. The minimum absolute atomic E-state index is 0.0884. The highest BCUT2D eigenvalue weighted by atomic mass is 79.9. The molecule has 0 radical (unpaired) electrons. The first-order valence-electron chi connectivity index (χ1n) is 4.64. The van der Waals surface area contributed by atoms with Gasteiger partial charge in [0.15, 0.2) is 0 Å². The fourth-order valence-corrected chi connectivity index (χ4v) is 1.20. The van der Waals surface area contributed by atoms with E-state index in [1.54, 1.807) is 0 Å². The number of carbonyl (C=O) groups excluding carboxylic acids is 1. The molecule has 0 spiro atoms. The summed E-state index contributed by atoms with van der Waals surface area (Å²) in [7, 11) is 0. The molecular formula is C9H18BrNO. The van der Waals surface area contributed by atoms with Gasteiger partial charge >= 0.3 is 0 Å². The van der Waals surface area contributed by atoms with Crippen LogP contribution in [0.5, 0.6) is 0 Å². The van der Waals surface area contributed by atoms with Gasteiger partial charge in [0.05, 0.1) is 5.33 Å². The Kier molecular flexibility index (Phi) is 9.00. The molecule has 0 rings (SSSR count). The second kappa shape index (κ2) is 9.04. The number of halogens is 1. The standard InChI is InChI=1S/C9H18BrNO/c1-2-3-4-5-6-7-11-9(12)8-10/h2-8H2,1H3,(H,11,12). The van der Waals surface area contributed by atoms with Gasteiger partial charge in [0, 0.05) is 6.54 Å². The van der Waals surface area contributed by atoms with Crippen LogP contribution in [0.3, 0.4) is 0 Å². The van der Waals surface area contributed by atoms with E-state index in [-0.39, 0.29) is 5.91 Å². The zero-order valence-corrected chi connectivity index (χ0v) is 9.32. The van der Waals surface area contributed by atoms with Crippen molar-refractivity contribution in [1.82, 2.24) is 5.32 Å². The van der Waals surface area contributed by atoms with Crippen LogP contribution in [0.1, 0.15) is 39.0 Å². The molecule has 0 aliphatic heterocycles. The van der Waals surface area contributed by atoms with Gasteiger partial charge in [-0.1, -0.05) is 48.5 Å². The Morgan fingerprint density at radius 3 is 2.50 bits per heavy atom. The van der Waals surface area contributed by atoms with Gasteiger partial charge in [-0.25, -0.2) is 0 Å². The summed E-state index contributed by atoms with van der Waals surface area (Å²) in [6.07, 6.45) is 6.22. The maximum Gasteiger partial charge on any atom is 0.230 e. The summed E-state index contributed by atoms with van der Waals surface area (Å²) in [5.41, 5.74) is 0. The van der Waals surface area contributed by atoms with Gasteiger partial charge in [0.1, 0.15) is 0 Å². The molecule has 0 saturated heterocycles. The lowest BCUT2D eigenvalue weighted by Crippen LogP contribution is -2.25. The maximum absolute atomic E-state index is 10.7. The Morgan fingerprint density at radius 1 is 1.25 bits per heavy atom. The smallest absolute Gasteiger partial charge is 0.230 e. The van der Waals surface area contributed by atoms with Crippen molar-refractivity contribution in [2.75, 3.05) is 11.9 Å². The Bertz CT molecular complexity index is 117. The summed E-state index contributed by atoms with van der Waals surface area (Å²) in [4.78, 5) is 10.7. The van der Waals surface area contributed by atoms with E-state index in [1.165, 1.54) is 25.7 Å². The molecule has 0 aliphatic rings. The lowest BCUT2D eigenvalue weighted by molar-refractivity contribution is -0.118. The van der Waals surface area contributed by atoms with Crippen molar-refractivity contribution in [3.05, 3.63) is 0 Å². The van der Waals surface area contributed by atoms with E-state index < -0.39 is 0 Å². The Balaban J connectivity index is 2.95. The van der Waals surface area contributed by atoms with E-state index in [2.05, 4.69) is 28.2 Å². The number of hydrogen-bond donors (Lipinski definition) is 1. The summed E-state index contributed by atoms with van der Waals surface area (Å²) in [6, 6.07) is 0. The van der Waals surface area contributed by atoms with Crippen LogP contribution < -0.4 is 5.32 Å². The Morgan fingerprint density at radius 2 is 1.92 bits per heavy atom. The molecule has 0 aromatic carbocycles. The maximum atomic E-state index is 10.7. The van der Waals surface area contributed by atoms with Gasteiger partial charge in [-0.05, 0) is 6.42 Å². The van der Waals surface area contributed by atoms with E-state index >= 15 is 0 Å². The number of amides is 1. The van der Waals surface area contributed by atoms with Gasteiger partial charge in [-0.3, -0.25) is 4.79 Å². The summed E-state index contributed by atoms with van der Waals surface area (Å²) in [5, 5.41) is 3.24. The average molecular weight is 236 g/mol. The molecule has 0 unspecified atom stereocenters. The van der Waals surface area contributed by atoms with Crippen LogP contribution in [0.15, 0.2) is 0 Å². The fraction of sp³-hybridized carbons (Fsp3) is 0.889. The van der Waals surface area contributed by atoms with Gasteiger partial charge < -0.3 is 5.32 Å². The molecule has 3 heteroatoms. The third-order valence-corrected chi connectivity index (χ3v) is 2.23. The highest BCUT2D eigenvalue weighted by molar-refractivity contribution is 9.09. The van der Waals surface area contributed by atoms with Crippen molar-refractivity contribution in [2.45, 2.75) is 39.0 Å². The molecule has 2 nitrogen and oxygen atoms in total. The van der Waals surface area contributed by atoms with Gasteiger partial charge in [-0.15, -0.1) is 0 Å². The number of alkyl halides is 1. The van der Waals surface area contributed by atoms with Crippen molar-refractivity contribution < 1.29 is 4.79 Å². The minimum Gasteiger partial charge on any atom is -0.355 e. The molecule has 1 N–H and O–H groups in total. The average Bonchev–Trinajstić information content (AvgIpc) is 2.10. The molecule has 0 aliphatic carbocycles. The van der Waals surface area contributed by atoms with Crippen LogP contribution in [0.2, 0.25) is 0 Å². The molecule has 0 aromatic heterocycles. The predicted octanol–water partition coefficient (Wildman–Crippen LogP) is 2.47. The van der Waals surface area contributed by atoms with Crippen LogP contribution in [0, 0.1) is 0 Å². The van der Waals surface area contributed by atoms with Crippen LogP contribution in [0.25, 0.3) is 0 Å². The third-order valence-electron chi connectivity index (χ3n) is 1.72. The lowest BCUT2D eigenvalue weighted by Gasteiger charge is -2.01. The summed E-state index contributed by atoms with van der Waals surface area (Å²) in [5.74, 6) is 0.0884. The van der Waals surface area contributed by atoms with E-state index in [0.29, 0.717) is 5.33 Å². The largest absolute Gasteiger partial charge is 0.355 e. The van der Waals surface area contributed by atoms with E-state index in [9.17, 15) is 4.79 Å². The van der Waals surface area contributed by atoms with E-state index in [1.807, 2.05) is 0 Å². The number of nitrogens with one attached hydrogen (secondary N) is 1. The third kappa shape index (κ3) is 8.05. The van der Waals surface area contributed by atoms with Crippen LogP contribution in [0.4, 0.5) is 0 Å². The molecule has 12 heavy (non-hydrogen) atoms.